The summed E-state index contributed by atoms with van der Waals surface area (Å²) in [5.74, 6) is 0.497. The third-order valence-electron chi connectivity index (χ3n) is 2.45. The number of primary amides is 1. The Balaban J connectivity index is 2.23. The highest BCUT2D eigenvalue weighted by Gasteiger charge is 2.05. The van der Waals surface area contributed by atoms with Crippen molar-refractivity contribution in [2.24, 2.45) is 5.73 Å². The van der Waals surface area contributed by atoms with Gasteiger partial charge in [0.1, 0.15) is 5.75 Å². The van der Waals surface area contributed by atoms with Crippen molar-refractivity contribution >= 4 is 11.6 Å². The molecular formula is C13H13N3O2. The maximum absolute atomic E-state index is 10.9. The number of aromatic nitrogens is 1. The summed E-state index contributed by atoms with van der Waals surface area (Å²) in [5.41, 5.74) is 12.7. The van der Waals surface area contributed by atoms with Crippen LogP contribution in [0.2, 0.25) is 0 Å². The maximum Gasteiger partial charge on any atom is 0.250 e. The Kier molecular flexibility index (Phi) is 3.14. The molecule has 1 aromatic carbocycles. The predicted octanol–water partition coefficient (Wildman–Crippen LogP) is 1.86. The lowest BCUT2D eigenvalue weighted by Crippen LogP contribution is -2.10. The lowest BCUT2D eigenvalue weighted by atomic mass is 10.2. The molecule has 0 aliphatic carbocycles. The van der Waals surface area contributed by atoms with Gasteiger partial charge in [0.2, 0.25) is 11.8 Å². The number of amides is 1. The van der Waals surface area contributed by atoms with Crippen LogP contribution in [0.25, 0.3) is 0 Å². The number of hydrogen-bond donors (Lipinski definition) is 2. The molecule has 1 heterocycles. The van der Waals surface area contributed by atoms with Gasteiger partial charge in [-0.2, -0.15) is 0 Å². The van der Waals surface area contributed by atoms with Crippen molar-refractivity contribution in [3.8, 4) is 11.6 Å². The molecule has 0 saturated carbocycles. The molecule has 2 aromatic rings. The number of benzene rings is 1. The van der Waals surface area contributed by atoms with Crippen molar-refractivity contribution in [1.29, 1.82) is 0 Å². The van der Waals surface area contributed by atoms with Crippen molar-refractivity contribution < 1.29 is 9.53 Å². The van der Waals surface area contributed by atoms with E-state index in [1.807, 2.05) is 13.0 Å². The highest BCUT2D eigenvalue weighted by molar-refractivity contribution is 5.92. The molecule has 0 atom stereocenters. The Morgan fingerprint density at radius 2 is 2.06 bits per heavy atom. The molecule has 0 aliphatic rings. The molecule has 5 nitrogen and oxygen atoms in total. The first-order chi connectivity index (χ1) is 8.56. The average Bonchev–Trinajstić information content (AvgIpc) is 2.34. The van der Waals surface area contributed by atoms with E-state index in [1.165, 1.54) is 6.20 Å². The standard InChI is InChI=1S/C13H13N3O2/c1-8-2-4-10(14)6-11(8)18-12-5-3-9(7-16-12)13(15)17/h2-7H,14H2,1H3,(H2,15,17). The van der Waals surface area contributed by atoms with E-state index < -0.39 is 5.91 Å². The molecule has 5 heteroatoms. The number of nitrogens with zero attached hydrogens (tertiary/aromatic N) is 1. The second kappa shape index (κ2) is 4.75. The van der Waals surface area contributed by atoms with Gasteiger partial charge in [-0.15, -0.1) is 0 Å². The Morgan fingerprint density at radius 1 is 1.28 bits per heavy atom. The van der Waals surface area contributed by atoms with Gasteiger partial charge in [-0.3, -0.25) is 4.79 Å². The predicted molar refractivity (Wildman–Crippen MR) is 68.4 cm³/mol. The lowest BCUT2D eigenvalue weighted by molar-refractivity contribution is 0.1000. The van der Waals surface area contributed by atoms with Crippen LogP contribution in [0.3, 0.4) is 0 Å². The van der Waals surface area contributed by atoms with Gasteiger partial charge in [0, 0.05) is 24.0 Å². The average molecular weight is 243 g/mol. The summed E-state index contributed by atoms with van der Waals surface area (Å²) in [4.78, 5) is 14.9. The number of nitrogens with two attached hydrogens (primary N) is 2. The minimum absolute atomic E-state index is 0.339. The fraction of sp³-hybridized carbons (Fsp3) is 0.0769. The zero-order valence-electron chi connectivity index (χ0n) is 9.88. The SMILES string of the molecule is Cc1ccc(N)cc1Oc1ccc(C(N)=O)cn1. The largest absolute Gasteiger partial charge is 0.439 e. The topological polar surface area (TPSA) is 91.2 Å². The Hall–Kier alpha value is -2.56. The summed E-state index contributed by atoms with van der Waals surface area (Å²) < 4.78 is 5.58. The molecule has 0 fully saturated rings. The van der Waals surface area contributed by atoms with Crippen molar-refractivity contribution in [2.75, 3.05) is 5.73 Å². The summed E-state index contributed by atoms with van der Waals surface area (Å²) in [6, 6.07) is 8.53. The summed E-state index contributed by atoms with van der Waals surface area (Å²) >= 11 is 0. The van der Waals surface area contributed by atoms with Gasteiger partial charge in [-0.1, -0.05) is 6.07 Å². The van der Waals surface area contributed by atoms with Crippen LogP contribution in [-0.4, -0.2) is 10.9 Å². The number of anilines is 1. The molecule has 2 rings (SSSR count). The molecule has 1 amide bonds. The minimum Gasteiger partial charge on any atom is -0.439 e. The van der Waals surface area contributed by atoms with Crippen molar-refractivity contribution in [2.45, 2.75) is 6.92 Å². The summed E-state index contributed by atoms with van der Waals surface area (Å²) in [6.07, 6.45) is 1.37. The number of nitrogen functional groups attached to an aromatic ring is 1. The maximum atomic E-state index is 10.9. The molecule has 18 heavy (non-hydrogen) atoms. The molecule has 0 unspecified atom stereocenters. The first kappa shape index (κ1) is 11.9. The van der Waals surface area contributed by atoms with Crippen LogP contribution < -0.4 is 16.2 Å². The molecular weight excluding hydrogens is 230 g/mol. The first-order valence-electron chi connectivity index (χ1n) is 5.36. The number of aryl methyl sites for hydroxylation is 1. The van der Waals surface area contributed by atoms with Crippen molar-refractivity contribution in [3.63, 3.8) is 0 Å². The number of hydrogen-bond acceptors (Lipinski definition) is 4. The Labute approximate surface area is 104 Å². The van der Waals surface area contributed by atoms with E-state index in [0.717, 1.165) is 5.56 Å². The number of ether oxygens (including phenoxy) is 1. The van der Waals surface area contributed by atoms with E-state index in [1.54, 1.807) is 24.3 Å². The molecule has 0 saturated heterocycles. The number of carbonyl (C=O) groups is 1. The molecule has 0 radical (unpaired) electrons. The molecule has 0 spiro atoms. The smallest absolute Gasteiger partial charge is 0.250 e. The Bertz CT molecular complexity index is 579. The number of carbonyl (C=O) groups excluding carboxylic acids is 1. The molecule has 1 aromatic heterocycles. The highest BCUT2D eigenvalue weighted by atomic mass is 16.5. The third kappa shape index (κ3) is 2.57. The first-order valence-corrected chi connectivity index (χ1v) is 5.36. The van der Waals surface area contributed by atoms with Crippen LogP contribution in [-0.2, 0) is 0 Å². The van der Waals surface area contributed by atoms with Gasteiger partial charge in [-0.05, 0) is 24.6 Å². The van der Waals surface area contributed by atoms with Crippen LogP contribution >= 0.6 is 0 Å². The highest BCUT2D eigenvalue weighted by Crippen LogP contribution is 2.25. The van der Waals surface area contributed by atoms with Gasteiger partial charge in [0.05, 0.1) is 5.56 Å². The van der Waals surface area contributed by atoms with Crippen molar-refractivity contribution in [3.05, 3.63) is 47.7 Å². The normalized spacial score (nSPS) is 10.1. The van der Waals surface area contributed by atoms with Gasteiger partial charge in [-0.25, -0.2) is 4.98 Å². The van der Waals surface area contributed by atoms with Crippen LogP contribution in [0.15, 0.2) is 36.5 Å². The number of rotatable bonds is 3. The van der Waals surface area contributed by atoms with E-state index in [9.17, 15) is 4.79 Å². The number of pyridine rings is 1. The third-order valence-corrected chi connectivity index (χ3v) is 2.45. The molecule has 4 N–H and O–H groups in total. The summed E-state index contributed by atoms with van der Waals surface area (Å²) in [7, 11) is 0. The minimum atomic E-state index is -0.519. The second-order valence-electron chi connectivity index (χ2n) is 3.88. The van der Waals surface area contributed by atoms with Crippen molar-refractivity contribution in [1.82, 2.24) is 4.98 Å². The lowest BCUT2D eigenvalue weighted by Gasteiger charge is -2.08. The van der Waals surface area contributed by atoms with Gasteiger partial charge >= 0.3 is 0 Å². The zero-order chi connectivity index (χ0) is 13.1. The molecule has 0 aliphatic heterocycles. The zero-order valence-corrected chi connectivity index (χ0v) is 9.88. The van der Waals surface area contributed by atoms with Crippen LogP contribution in [0.4, 0.5) is 5.69 Å². The van der Waals surface area contributed by atoms with E-state index in [-0.39, 0.29) is 0 Å². The molecule has 92 valence electrons. The second-order valence-corrected chi connectivity index (χ2v) is 3.88. The van der Waals surface area contributed by atoms with E-state index in [2.05, 4.69) is 4.98 Å². The van der Waals surface area contributed by atoms with Gasteiger partial charge < -0.3 is 16.2 Å². The van der Waals surface area contributed by atoms with E-state index in [0.29, 0.717) is 22.9 Å². The fourth-order valence-electron chi connectivity index (χ4n) is 1.43. The van der Waals surface area contributed by atoms with Crippen LogP contribution in [0.5, 0.6) is 11.6 Å². The van der Waals surface area contributed by atoms with E-state index in [4.69, 9.17) is 16.2 Å². The van der Waals surface area contributed by atoms with Gasteiger partial charge in [0.15, 0.2) is 0 Å². The van der Waals surface area contributed by atoms with Gasteiger partial charge in [0.25, 0.3) is 0 Å². The molecule has 0 bridgehead atoms. The summed E-state index contributed by atoms with van der Waals surface area (Å²) in [6.45, 7) is 1.91. The van der Waals surface area contributed by atoms with E-state index >= 15 is 0 Å². The fourth-order valence-corrected chi connectivity index (χ4v) is 1.43. The monoisotopic (exact) mass is 243 g/mol. The van der Waals surface area contributed by atoms with Crippen LogP contribution in [0.1, 0.15) is 15.9 Å². The van der Waals surface area contributed by atoms with Crippen LogP contribution in [0, 0.1) is 6.92 Å². The summed E-state index contributed by atoms with van der Waals surface area (Å²) in [5, 5.41) is 0. The Morgan fingerprint density at radius 3 is 2.67 bits per heavy atom. The quantitative estimate of drug-likeness (QED) is 0.805.